The van der Waals surface area contributed by atoms with Gasteiger partial charge in [-0.15, -0.1) is 0 Å². The molecule has 27 heavy (non-hydrogen) atoms. The lowest BCUT2D eigenvalue weighted by Crippen LogP contribution is -2.26. The zero-order valence-electron chi connectivity index (χ0n) is 15.1. The lowest BCUT2D eigenvalue weighted by atomic mass is 10.1. The first kappa shape index (κ1) is 18.9. The molecule has 3 aromatic rings. The van der Waals surface area contributed by atoms with Crippen LogP contribution in [0.4, 0.5) is 5.69 Å². The van der Waals surface area contributed by atoms with Crippen molar-refractivity contribution in [1.29, 1.82) is 0 Å². The molecule has 1 unspecified atom stereocenters. The molecule has 0 bridgehead atoms. The molecule has 1 aromatic heterocycles. The van der Waals surface area contributed by atoms with Crippen LogP contribution in [0.3, 0.4) is 0 Å². The van der Waals surface area contributed by atoms with Crippen molar-refractivity contribution in [2.75, 3.05) is 5.32 Å². The Bertz CT molecular complexity index is 892. The van der Waals surface area contributed by atoms with E-state index in [1.807, 2.05) is 60.8 Å². The van der Waals surface area contributed by atoms with Crippen molar-refractivity contribution in [2.45, 2.75) is 25.8 Å². The molecule has 0 radical (unpaired) electrons. The zero-order valence-corrected chi connectivity index (χ0v) is 16.0. The molecule has 0 aliphatic carbocycles. The van der Waals surface area contributed by atoms with Crippen LogP contribution in [0.1, 0.15) is 40.9 Å². The van der Waals surface area contributed by atoms with Gasteiger partial charge in [0.15, 0.2) is 0 Å². The van der Waals surface area contributed by atoms with Gasteiger partial charge in [-0.25, -0.2) is 0 Å². The smallest absolute Gasteiger partial charge is 0.255 e. The van der Waals surface area contributed by atoms with Crippen LogP contribution in [0.5, 0.6) is 0 Å². The number of benzene rings is 2. The van der Waals surface area contributed by atoms with Gasteiger partial charge in [0.2, 0.25) is 5.91 Å². The summed E-state index contributed by atoms with van der Waals surface area (Å²) in [7, 11) is 0. The summed E-state index contributed by atoms with van der Waals surface area (Å²) < 4.78 is 0. The summed E-state index contributed by atoms with van der Waals surface area (Å²) in [6, 6.07) is 18.6. The fourth-order valence-electron chi connectivity index (χ4n) is 2.77. The van der Waals surface area contributed by atoms with Gasteiger partial charge in [0.25, 0.3) is 5.91 Å². The van der Waals surface area contributed by atoms with E-state index in [9.17, 15) is 9.59 Å². The zero-order chi connectivity index (χ0) is 19.1. The number of carbonyl (C=O) groups excluding carboxylic acids is 2. The van der Waals surface area contributed by atoms with E-state index in [4.69, 9.17) is 0 Å². The van der Waals surface area contributed by atoms with Crippen molar-refractivity contribution in [3.63, 3.8) is 0 Å². The Balaban J connectivity index is 1.57. The van der Waals surface area contributed by atoms with Crippen LogP contribution in [-0.2, 0) is 11.2 Å². The number of carbonyl (C=O) groups is 2. The van der Waals surface area contributed by atoms with Crippen molar-refractivity contribution < 1.29 is 9.59 Å². The monoisotopic (exact) mass is 378 g/mol. The SMILES string of the molecule is CC(NC(=O)CCc1ccsc1)c1cccc(NC(=O)c2ccccc2)c1. The second kappa shape index (κ2) is 9.14. The Labute approximate surface area is 163 Å². The molecule has 3 rings (SSSR count). The van der Waals surface area contributed by atoms with Crippen LogP contribution in [0.25, 0.3) is 0 Å². The Morgan fingerprint density at radius 1 is 1.04 bits per heavy atom. The molecular weight excluding hydrogens is 356 g/mol. The molecule has 0 fully saturated rings. The van der Waals surface area contributed by atoms with Gasteiger partial charge in [-0.2, -0.15) is 11.3 Å². The number of nitrogens with one attached hydrogen (secondary N) is 2. The molecule has 5 heteroatoms. The molecule has 2 amide bonds. The average Bonchev–Trinajstić information content (AvgIpc) is 3.21. The minimum Gasteiger partial charge on any atom is -0.350 e. The molecule has 0 saturated heterocycles. The number of amides is 2. The number of hydrogen-bond acceptors (Lipinski definition) is 3. The Kier molecular flexibility index (Phi) is 6.39. The number of rotatable bonds is 7. The van der Waals surface area contributed by atoms with Crippen LogP contribution in [0.2, 0.25) is 0 Å². The van der Waals surface area contributed by atoms with Crippen molar-refractivity contribution in [3.05, 3.63) is 88.1 Å². The van der Waals surface area contributed by atoms with Gasteiger partial charge in [-0.3, -0.25) is 9.59 Å². The van der Waals surface area contributed by atoms with E-state index in [0.717, 1.165) is 12.0 Å². The van der Waals surface area contributed by atoms with Crippen molar-refractivity contribution in [3.8, 4) is 0 Å². The van der Waals surface area contributed by atoms with E-state index in [1.54, 1.807) is 23.5 Å². The molecule has 0 spiro atoms. The molecule has 138 valence electrons. The maximum absolute atomic E-state index is 12.3. The first-order chi connectivity index (χ1) is 13.1. The third-order valence-corrected chi connectivity index (χ3v) is 5.01. The lowest BCUT2D eigenvalue weighted by Gasteiger charge is -2.16. The minimum absolute atomic E-state index is 0.0208. The first-order valence-electron chi connectivity index (χ1n) is 8.88. The number of anilines is 1. The van der Waals surface area contributed by atoms with Crippen LogP contribution in [0, 0.1) is 0 Å². The predicted molar refractivity (Wildman–Crippen MR) is 110 cm³/mol. The highest BCUT2D eigenvalue weighted by molar-refractivity contribution is 7.07. The summed E-state index contributed by atoms with van der Waals surface area (Å²) in [4.78, 5) is 24.5. The van der Waals surface area contributed by atoms with Gasteiger partial charge < -0.3 is 10.6 Å². The Morgan fingerprint density at radius 3 is 2.59 bits per heavy atom. The van der Waals surface area contributed by atoms with E-state index < -0.39 is 0 Å². The van der Waals surface area contributed by atoms with Gasteiger partial charge in [0, 0.05) is 17.7 Å². The predicted octanol–water partition coefficient (Wildman–Crippen LogP) is 4.81. The van der Waals surface area contributed by atoms with Gasteiger partial charge >= 0.3 is 0 Å². The molecule has 0 saturated carbocycles. The standard InChI is InChI=1S/C22H22N2O2S/c1-16(23-21(25)11-10-17-12-13-27-15-17)19-8-5-9-20(14-19)24-22(26)18-6-3-2-4-7-18/h2-9,12-16H,10-11H2,1H3,(H,23,25)(H,24,26). The molecular formula is C22H22N2O2S. The van der Waals surface area contributed by atoms with Crippen molar-refractivity contribution >= 4 is 28.8 Å². The summed E-state index contributed by atoms with van der Waals surface area (Å²) in [5.41, 5.74) is 3.46. The first-order valence-corrected chi connectivity index (χ1v) is 9.83. The topological polar surface area (TPSA) is 58.2 Å². The molecule has 2 N–H and O–H groups in total. The third kappa shape index (κ3) is 5.53. The largest absolute Gasteiger partial charge is 0.350 e. The molecule has 4 nitrogen and oxygen atoms in total. The van der Waals surface area contributed by atoms with Crippen molar-refractivity contribution in [1.82, 2.24) is 5.32 Å². The normalized spacial score (nSPS) is 11.6. The highest BCUT2D eigenvalue weighted by Gasteiger charge is 2.11. The Hall–Kier alpha value is -2.92. The van der Waals surface area contributed by atoms with Gasteiger partial charge in [-0.1, -0.05) is 30.3 Å². The highest BCUT2D eigenvalue weighted by atomic mass is 32.1. The average molecular weight is 378 g/mol. The summed E-state index contributed by atoms with van der Waals surface area (Å²) in [6.07, 6.45) is 1.21. The second-order valence-electron chi connectivity index (χ2n) is 6.37. The van der Waals surface area contributed by atoms with E-state index in [0.29, 0.717) is 17.7 Å². The summed E-state index contributed by atoms with van der Waals surface area (Å²) >= 11 is 1.64. The van der Waals surface area contributed by atoms with Crippen molar-refractivity contribution in [2.24, 2.45) is 0 Å². The Morgan fingerprint density at radius 2 is 1.85 bits per heavy atom. The summed E-state index contributed by atoms with van der Waals surface area (Å²) in [5, 5.41) is 10.0. The summed E-state index contributed by atoms with van der Waals surface area (Å²) in [5.74, 6) is -0.132. The fraction of sp³-hybridized carbons (Fsp3) is 0.182. The maximum atomic E-state index is 12.3. The highest BCUT2D eigenvalue weighted by Crippen LogP contribution is 2.18. The van der Waals surface area contributed by atoms with Crippen LogP contribution in [0.15, 0.2) is 71.4 Å². The minimum atomic E-state index is -0.153. The lowest BCUT2D eigenvalue weighted by molar-refractivity contribution is -0.121. The maximum Gasteiger partial charge on any atom is 0.255 e. The van der Waals surface area contributed by atoms with Gasteiger partial charge in [0.1, 0.15) is 0 Å². The summed E-state index contributed by atoms with van der Waals surface area (Å²) in [6.45, 7) is 1.95. The van der Waals surface area contributed by atoms with E-state index >= 15 is 0 Å². The molecule has 1 heterocycles. The van der Waals surface area contributed by atoms with Crippen LogP contribution < -0.4 is 10.6 Å². The molecule has 0 aliphatic heterocycles. The van der Waals surface area contributed by atoms with E-state index in [1.165, 1.54) is 5.56 Å². The second-order valence-corrected chi connectivity index (χ2v) is 7.15. The van der Waals surface area contributed by atoms with Crippen LogP contribution in [-0.4, -0.2) is 11.8 Å². The fourth-order valence-corrected chi connectivity index (χ4v) is 3.47. The molecule has 1 atom stereocenters. The van der Waals surface area contributed by atoms with Gasteiger partial charge in [-0.05, 0) is 65.6 Å². The third-order valence-electron chi connectivity index (χ3n) is 4.28. The quantitative estimate of drug-likeness (QED) is 0.620. The van der Waals surface area contributed by atoms with Crippen LogP contribution >= 0.6 is 11.3 Å². The van der Waals surface area contributed by atoms with E-state index in [-0.39, 0.29) is 17.9 Å². The van der Waals surface area contributed by atoms with E-state index in [2.05, 4.69) is 16.0 Å². The van der Waals surface area contributed by atoms with Gasteiger partial charge in [0.05, 0.1) is 6.04 Å². The number of hydrogen-bond donors (Lipinski definition) is 2. The molecule has 2 aromatic carbocycles. The number of aryl methyl sites for hydroxylation is 1. The number of thiophene rings is 1. The molecule has 0 aliphatic rings.